The summed E-state index contributed by atoms with van der Waals surface area (Å²) in [6.07, 6.45) is 1.41. The van der Waals surface area contributed by atoms with Gasteiger partial charge in [-0.1, -0.05) is 0 Å². The molecule has 35 heavy (non-hydrogen) atoms. The van der Waals surface area contributed by atoms with Gasteiger partial charge in [-0.05, 0) is 55.5 Å². The highest BCUT2D eigenvalue weighted by Crippen LogP contribution is 2.24. The number of anilines is 2. The fraction of sp³-hybridized carbons (Fsp3) is 0.125. The van der Waals surface area contributed by atoms with E-state index in [1.807, 2.05) is 6.92 Å². The molecule has 10 nitrogen and oxygen atoms in total. The molecule has 2 aromatic heterocycles. The van der Waals surface area contributed by atoms with Gasteiger partial charge in [-0.15, -0.1) is 0 Å². The monoisotopic (exact) mass is 494 g/mol. The summed E-state index contributed by atoms with van der Waals surface area (Å²) in [5, 5.41) is 2.92. The van der Waals surface area contributed by atoms with Gasteiger partial charge in [-0.25, -0.2) is 13.4 Å². The van der Waals surface area contributed by atoms with Crippen molar-refractivity contribution >= 4 is 38.2 Å². The molecule has 0 aliphatic heterocycles. The lowest BCUT2D eigenvalue weighted by atomic mass is 10.1. The van der Waals surface area contributed by atoms with Crippen molar-refractivity contribution in [2.75, 3.05) is 23.8 Å². The smallest absolute Gasteiger partial charge is 0.261 e. The van der Waals surface area contributed by atoms with E-state index in [1.54, 1.807) is 36.4 Å². The molecule has 3 N–H and O–H groups in total. The number of hydrogen-bond donors (Lipinski definition) is 3. The molecule has 2 heterocycles. The summed E-state index contributed by atoms with van der Waals surface area (Å²) in [6, 6.07) is 14.9. The fourth-order valence-electron chi connectivity index (χ4n) is 3.36. The second-order valence-electron chi connectivity index (χ2n) is 7.36. The minimum atomic E-state index is -3.99. The zero-order chi connectivity index (χ0) is 25.0. The normalized spacial score (nSPS) is 11.1. The van der Waals surface area contributed by atoms with Gasteiger partial charge in [0, 0.05) is 28.7 Å². The Hall–Kier alpha value is -4.38. The molecule has 180 valence electrons. The molecule has 0 saturated heterocycles. The number of benzene rings is 2. The molecule has 1 amide bonds. The number of nitrogens with one attached hydrogen (secondary N) is 3. The van der Waals surface area contributed by atoms with Crippen LogP contribution >= 0.6 is 0 Å². The number of hydrogen-bond acceptors (Lipinski definition) is 7. The third-order valence-electron chi connectivity index (χ3n) is 4.99. The van der Waals surface area contributed by atoms with Crippen LogP contribution in [0, 0.1) is 0 Å². The number of aromatic nitrogens is 2. The standard InChI is InChI=1S/C24H22N4O6S/c1-3-34-17-7-4-15(5-8-17)28-35(31,32)18-9-10-21-19(12-18)20(13-22(29)27-21)24(30)26-16-6-11-23(33-2)25-14-16/h4-14,28H,3H2,1-2H3,(H,26,30)(H,27,29). The highest BCUT2D eigenvalue weighted by atomic mass is 32.2. The van der Waals surface area contributed by atoms with Crippen LogP contribution in [0.3, 0.4) is 0 Å². The number of aromatic amines is 1. The van der Waals surface area contributed by atoms with E-state index in [4.69, 9.17) is 9.47 Å². The number of rotatable bonds is 8. The Balaban J connectivity index is 1.66. The molecule has 0 spiro atoms. The van der Waals surface area contributed by atoms with Crippen LogP contribution in [0.4, 0.5) is 11.4 Å². The topological polar surface area (TPSA) is 139 Å². The summed E-state index contributed by atoms with van der Waals surface area (Å²) in [4.78, 5) is 31.7. The van der Waals surface area contributed by atoms with Gasteiger partial charge in [0.1, 0.15) is 5.75 Å². The maximum atomic E-state index is 13.0. The van der Waals surface area contributed by atoms with Crippen LogP contribution in [0.2, 0.25) is 0 Å². The number of ether oxygens (including phenoxy) is 2. The third kappa shape index (κ3) is 5.41. The molecule has 0 unspecified atom stereocenters. The average Bonchev–Trinajstić information content (AvgIpc) is 2.85. The summed E-state index contributed by atoms with van der Waals surface area (Å²) in [5.74, 6) is 0.398. The van der Waals surface area contributed by atoms with E-state index in [0.29, 0.717) is 35.1 Å². The van der Waals surface area contributed by atoms with Gasteiger partial charge >= 0.3 is 0 Å². The van der Waals surface area contributed by atoms with E-state index < -0.39 is 21.5 Å². The molecule has 0 fully saturated rings. The van der Waals surface area contributed by atoms with E-state index in [2.05, 4.69) is 20.0 Å². The minimum absolute atomic E-state index is 0.0117. The first-order valence-corrected chi connectivity index (χ1v) is 12.0. The SMILES string of the molecule is CCOc1ccc(NS(=O)(=O)c2ccc3[nH]c(=O)cc(C(=O)Nc4ccc(OC)nc4)c3c2)cc1. The number of fused-ring (bicyclic) bond motifs is 1. The number of nitrogens with zero attached hydrogens (tertiary/aromatic N) is 1. The Kier molecular flexibility index (Phi) is 6.69. The quantitative estimate of drug-likeness (QED) is 0.341. The number of carbonyl (C=O) groups is 1. The van der Waals surface area contributed by atoms with Crippen molar-refractivity contribution in [2.24, 2.45) is 0 Å². The second kappa shape index (κ2) is 9.85. The molecule has 0 aliphatic carbocycles. The minimum Gasteiger partial charge on any atom is -0.494 e. The molecule has 4 aromatic rings. The van der Waals surface area contributed by atoms with Gasteiger partial charge in [-0.2, -0.15) is 0 Å². The highest BCUT2D eigenvalue weighted by molar-refractivity contribution is 7.92. The maximum Gasteiger partial charge on any atom is 0.261 e. The average molecular weight is 495 g/mol. The Labute approximate surface area is 201 Å². The first-order valence-electron chi connectivity index (χ1n) is 10.5. The van der Waals surface area contributed by atoms with Crippen LogP contribution in [-0.4, -0.2) is 38.0 Å². The van der Waals surface area contributed by atoms with Crippen LogP contribution in [0.1, 0.15) is 17.3 Å². The summed E-state index contributed by atoms with van der Waals surface area (Å²) in [5.41, 5.74) is 0.553. The maximum absolute atomic E-state index is 13.0. The first kappa shape index (κ1) is 23.8. The molecule has 0 radical (unpaired) electrons. The lowest BCUT2D eigenvalue weighted by Gasteiger charge is -2.12. The number of methoxy groups -OCH3 is 1. The van der Waals surface area contributed by atoms with Crippen molar-refractivity contribution in [3.05, 3.63) is 82.8 Å². The van der Waals surface area contributed by atoms with E-state index in [-0.39, 0.29) is 15.8 Å². The molecule has 2 aromatic carbocycles. The Bertz CT molecular complexity index is 1530. The largest absolute Gasteiger partial charge is 0.494 e. The lowest BCUT2D eigenvalue weighted by Crippen LogP contribution is -2.18. The van der Waals surface area contributed by atoms with Gasteiger partial charge in [0.15, 0.2) is 0 Å². The molecular formula is C24H22N4O6S. The molecule has 0 aliphatic rings. The van der Waals surface area contributed by atoms with E-state index >= 15 is 0 Å². The summed E-state index contributed by atoms with van der Waals surface area (Å²) in [7, 11) is -2.52. The van der Waals surface area contributed by atoms with Gasteiger partial charge in [0.2, 0.25) is 11.4 Å². The summed E-state index contributed by atoms with van der Waals surface area (Å²) < 4.78 is 38.9. The summed E-state index contributed by atoms with van der Waals surface area (Å²) >= 11 is 0. The van der Waals surface area contributed by atoms with E-state index in [0.717, 1.165) is 6.07 Å². The van der Waals surface area contributed by atoms with Crippen molar-refractivity contribution in [2.45, 2.75) is 11.8 Å². The van der Waals surface area contributed by atoms with Crippen molar-refractivity contribution in [3.63, 3.8) is 0 Å². The van der Waals surface area contributed by atoms with Crippen LogP contribution in [0.5, 0.6) is 11.6 Å². The molecular weight excluding hydrogens is 472 g/mol. The Morgan fingerprint density at radius 2 is 1.77 bits per heavy atom. The number of carbonyl (C=O) groups excluding carboxylic acids is 1. The molecule has 0 saturated carbocycles. The number of pyridine rings is 2. The van der Waals surface area contributed by atoms with Crippen molar-refractivity contribution in [1.29, 1.82) is 0 Å². The number of amides is 1. The highest BCUT2D eigenvalue weighted by Gasteiger charge is 2.19. The van der Waals surface area contributed by atoms with Crippen LogP contribution in [0.25, 0.3) is 10.9 Å². The Morgan fingerprint density at radius 1 is 1.03 bits per heavy atom. The van der Waals surface area contributed by atoms with Crippen LogP contribution in [-0.2, 0) is 10.0 Å². The number of sulfonamides is 1. The van der Waals surface area contributed by atoms with Crippen LogP contribution in [0.15, 0.2) is 76.6 Å². The van der Waals surface area contributed by atoms with Crippen molar-refractivity contribution in [3.8, 4) is 11.6 Å². The predicted octanol–water partition coefficient (Wildman–Crippen LogP) is 3.38. The van der Waals surface area contributed by atoms with Crippen LogP contribution < -0.4 is 25.1 Å². The molecule has 0 bridgehead atoms. The lowest BCUT2D eigenvalue weighted by molar-refractivity contribution is 0.102. The summed E-state index contributed by atoms with van der Waals surface area (Å²) in [6.45, 7) is 2.35. The van der Waals surface area contributed by atoms with E-state index in [9.17, 15) is 18.0 Å². The van der Waals surface area contributed by atoms with Gasteiger partial charge in [0.25, 0.3) is 15.9 Å². The predicted molar refractivity (Wildman–Crippen MR) is 132 cm³/mol. The fourth-order valence-corrected chi connectivity index (χ4v) is 4.45. The van der Waals surface area contributed by atoms with E-state index in [1.165, 1.54) is 31.5 Å². The first-order chi connectivity index (χ1) is 16.8. The number of H-pyrrole nitrogens is 1. The molecule has 11 heteroatoms. The molecule has 4 rings (SSSR count). The molecule has 0 atom stereocenters. The zero-order valence-corrected chi connectivity index (χ0v) is 19.7. The third-order valence-corrected chi connectivity index (χ3v) is 6.37. The van der Waals surface area contributed by atoms with Gasteiger partial charge in [-0.3, -0.25) is 14.3 Å². The van der Waals surface area contributed by atoms with Crippen molar-refractivity contribution in [1.82, 2.24) is 9.97 Å². The zero-order valence-electron chi connectivity index (χ0n) is 18.9. The van der Waals surface area contributed by atoms with Gasteiger partial charge in [0.05, 0.1) is 36.1 Å². The van der Waals surface area contributed by atoms with Gasteiger partial charge < -0.3 is 19.8 Å². The van der Waals surface area contributed by atoms with Crippen molar-refractivity contribution < 1.29 is 22.7 Å². The second-order valence-corrected chi connectivity index (χ2v) is 9.04. The Morgan fingerprint density at radius 3 is 2.43 bits per heavy atom.